The van der Waals surface area contributed by atoms with E-state index < -0.39 is 0 Å². The summed E-state index contributed by atoms with van der Waals surface area (Å²) in [7, 11) is 0. The van der Waals surface area contributed by atoms with Gasteiger partial charge in [0.05, 0.1) is 5.75 Å². The second kappa shape index (κ2) is 8.01. The van der Waals surface area contributed by atoms with Gasteiger partial charge in [0.25, 0.3) is 5.22 Å². The number of amides is 1. The number of likely N-dealkylation sites (tertiary alicyclic amines) is 1. The van der Waals surface area contributed by atoms with Crippen LogP contribution in [0.5, 0.6) is 0 Å². The summed E-state index contributed by atoms with van der Waals surface area (Å²) < 4.78 is 5.66. The van der Waals surface area contributed by atoms with E-state index in [1.807, 2.05) is 17.0 Å². The van der Waals surface area contributed by atoms with E-state index in [2.05, 4.69) is 10.2 Å². The van der Waals surface area contributed by atoms with Crippen LogP contribution < -0.4 is 0 Å². The van der Waals surface area contributed by atoms with Gasteiger partial charge in [-0.05, 0) is 42.9 Å². The summed E-state index contributed by atoms with van der Waals surface area (Å²) in [6.07, 6.45) is 6.44. The van der Waals surface area contributed by atoms with Crippen LogP contribution in [0.2, 0.25) is 5.02 Å². The van der Waals surface area contributed by atoms with Crippen LogP contribution >= 0.6 is 23.4 Å². The third kappa shape index (κ3) is 4.07. The maximum absolute atomic E-state index is 12.6. The quantitative estimate of drug-likeness (QED) is 0.717. The van der Waals surface area contributed by atoms with Crippen molar-refractivity contribution in [2.45, 2.75) is 37.3 Å². The predicted octanol–water partition coefficient (Wildman–Crippen LogP) is 4.52. The van der Waals surface area contributed by atoms with Crippen molar-refractivity contribution in [3.63, 3.8) is 0 Å². The first-order valence-corrected chi connectivity index (χ1v) is 10.6. The van der Waals surface area contributed by atoms with E-state index in [0.29, 0.717) is 27.8 Å². The standard InChI is InChI=1S/C19H22ClN3O2S/c20-16-7-3-6-14(10-16)18-21-22-19(25-18)26-12-17(24)23-9-8-13-4-1-2-5-15(13)11-23/h3,6-7,10,13,15H,1-2,4-5,8-9,11-12H2/t13-,15+/m1/s1. The van der Waals surface area contributed by atoms with Crippen LogP contribution in [0, 0.1) is 11.8 Å². The molecular formula is C19H22ClN3O2S. The van der Waals surface area contributed by atoms with E-state index in [4.69, 9.17) is 16.0 Å². The van der Waals surface area contributed by atoms with Gasteiger partial charge < -0.3 is 9.32 Å². The number of rotatable bonds is 4. The number of carbonyl (C=O) groups is 1. The monoisotopic (exact) mass is 391 g/mol. The molecule has 7 heteroatoms. The topological polar surface area (TPSA) is 59.2 Å². The molecule has 1 saturated carbocycles. The van der Waals surface area contributed by atoms with Crippen molar-refractivity contribution in [2.75, 3.05) is 18.8 Å². The molecule has 2 fully saturated rings. The van der Waals surface area contributed by atoms with Gasteiger partial charge in [0.15, 0.2) is 0 Å². The fourth-order valence-corrected chi connectivity index (χ4v) is 4.90. The minimum atomic E-state index is 0.168. The molecule has 1 saturated heterocycles. The second-order valence-electron chi connectivity index (χ2n) is 7.11. The van der Waals surface area contributed by atoms with Crippen LogP contribution in [0.25, 0.3) is 11.5 Å². The first-order valence-electron chi connectivity index (χ1n) is 9.19. The Hall–Kier alpha value is -1.53. The summed E-state index contributed by atoms with van der Waals surface area (Å²) in [6, 6.07) is 7.29. The van der Waals surface area contributed by atoms with Gasteiger partial charge in [-0.3, -0.25) is 4.79 Å². The lowest BCUT2D eigenvalue weighted by atomic mass is 9.75. The lowest BCUT2D eigenvalue weighted by Crippen LogP contribution is -2.45. The zero-order valence-corrected chi connectivity index (χ0v) is 16.1. The third-order valence-electron chi connectivity index (χ3n) is 5.44. The molecule has 1 aliphatic carbocycles. The van der Waals surface area contributed by atoms with Crippen molar-refractivity contribution in [2.24, 2.45) is 11.8 Å². The van der Waals surface area contributed by atoms with Crippen molar-refractivity contribution in [3.8, 4) is 11.5 Å². The van der Waals surface area contributed by atoms with Crippen LogP contribution in [0.1, 0.15) is 32.1 Å². The number of halogens is 1. The molecule has 1 aromatic heterocycles. The normalized spacial score (nSPS) is 22.9. The van der Waals surface area contributed by atoms with Crippen molar-refractivity contribution < 1.29 is 9.21 Å². The predicted molar refractivity (Wildman–Crippen MR) is 102 cm³/mol. The number of thioether (sulfide) groups is 1. The van der Waals surface area contributed by atoms with E-state index in [0.717, 1.165) is 31.0 Å². The Bertz CT molecular complexity index is 782. The molecule has 5 nitrogen and oxygen atoms in total. The third-order valence-corrected chi connectivity index (χ3v) is 6.48. The molecule has 4 rings (SSSR count). The summed E-state index contributed by atoms with van der Waals surface area (Å²) in [4.78, 5) is 14.6. The molecule has 0 bridgehead atoms. The molecule has 2 aliphatic rings. The Morgan fingerprint density at radius 3 is 2.92 bits per heavy atom. The van der Waals surface area contributed by atoms with Gasteiger partial charge in [-0.25, -0.2) is 0 Å². The summed E-state index contributed by atoms with van der Waals surface area (Å²) in [6.45, 7) is 1.81. The molecule has 2 aromatic rings. The molecule has 138 valence electrons. The molecule has 0 unspecified atom stereocenters. The molecule has 0 radical (unpaired) electrons. The average Bonchev–Trinajstić information content (AvgIpc) is 3.15. The van der Waals surface area contributed by atoms with Gasteiger partial charge in [0, 0.05) is 23.7 Å². The number of benzene rings is 1. The number of hydrogen-bond donors (Lipinski definition) is 0. The largest absolute Gasteiger partial charge is 0.411 e. The molecule has 2 atom stereocenters. The summed E-state index contributed by atoms with van der Waals surface area (Å²) in [5, 5.41) is 9.13. The van der Waals surface area contributed by atoms with Crippen molar-refractivity contribution >= 4 is 29.3 Å². The highest BCUT2D eigenvalue weighted by Gasteiger charge is 2.32. The fraction of sp³-hybridized carbons (Fsp3) is 0.526. The van der Waals surface area contributed by atoms with E-state index in [9.17, 15) is 4.79 Å². The van der Waals surface area contributed by atoms with Gasteiger partial charge >= 0.3 is 0 Å². The number of piperidine rings is 1. The fourth-order valence-electron chi connectivity index (χ4n) is 4.05. The van der Waals surface area contributed by atoms with Gasteiger partial charge in [-0.15, -0.1) is 10.2 Å². The molecule has 1 aromatic carbocycles. The summed E-state index contributed by atoms with van der Waals surface area (Å²) in [5.41, 5.74) is 0.780. The SMILES string of the molecule is O=C(CSc1nnc(-c2cccc(Cl)c2)o1)N1CC[C@H]2CCCC[C@H]2C1. The first-order chi connectivity index (χ1) is 12.7. The summed E-state index contributed by atoms with van der Waals surface area (Å²) in [5.74, 6) is 2.46. The van der Waals surface area contributed by atoms with Gasteiger partial charge in [0.2, 0.25) is 11.8 Å². The van der Waals surface area contributed by atoms with Gasteiger partial charge in [-0.2, -0.15) is 0 Å². The Kier molecular flexibility index (Phi) is 5.50. The average molecular weight is 392 g/mol. The van der Waals surface area contributed by atoms with Crippen molar-refractivity contribution in [1.29, 1.82) is 0 Å². The van der Waals surface area contributed by atoms with Crippen molar-refractivity contribution in [1.82, 2.24) is 15.1 Å². The van der Waals surface area contributed by atoms with E-state index in [1.54, 1.807) is 12.1 Å². The highest BCUT2D eigenvalue weighted by molar-refractivity contribution is 7.99. The van der Waals surface area contributed by atoms with Gasteiger partial charge in [-0.1, -0.05) is 48.7 Å². The molecular weight excluding hydrogens is 370 g/mol. The zero-order chi connectivity index (χ0) is 17.9. The summed E-state index contributed by atoms with van der Waals surface area (Å²) >= 11 is 7.30. The molecule has 26 heavy (non-hydrogen) atoms. The Labute approximate surface area is 162 Å². The van der Waals surface area contributed by atoms with Crippen LogP contribution in [0.3, 0.4) is 0 Å². The number of fused-ring (bicyclic) bond motifs is 1. The van der Waals surface area contributed by atoms with Crippen LogP contribution in [0.15, 0.2) is 33.9 Å². The lowest BCUT2D eigenvalue weighted by Gasteiger charge is -2.41. The Balaban J connectivity index is 1.32. The zero-order valence-electron chi connectivity index (χ0n) is 14.6. The van der Waals surface area contributed by atoms with E-state index in [-0.39, 0.29) is 5.91 Å². The Morgan fingerprint density at radius 1 is 1.23 bits per heavy atom. The Morgan fingerprint density at radius 2 is 2.08 bits per heavy atom. The smallest absolute Gasteiger partial charge is 0.277 e. The first kappa shape index (κ1) is 17.9. The minimum absolute atomic E-state index is 0.168. The number of hydrogen-bond acceptors (Lipinski definition) is 5. The molecule has 0 spiro atoms. The molecule has 1 amide bonds. The lowest BCUT2D eigenvalue weighted by molar-refractivity contribution is -0.131. The second-order valence-corrected chi connectivity index (χ2v) is 8.47. The van der Waals surface area contributed by atoms with Crippen LogP contribution in [-0.4, -0.2) is 39.8 Å². The van der Waals surface area contributed by atoms with E-state index in [1.165, 1.54) is 37.4 Å². The van der Waals surface area contributed by atoms with Crippen LogP contribution in [0.4, 0.5) is 0 Å². The number of carbonyl (C=O) groups excluding carboxylic acids is 1. The number of aromatic nitrogens is 2. The van der Waals surface area contributed by atoms with Crippen LogP contribution in [-0.2, 0) is 4.79 Å². The minimum Gasteiger partial charge on any atom is -0.411 e. The van der Waals surface area contributed by atoms with Gasteiger partial charge in [0.1, 0.15) is 0 Å². The maximum atomic E-state index is 12.6. The molecule has 2 heterocycles. The number of nitrogens with zero attached hydrogens (tertiary/aromatic N) is 3. The highest BCUT2D eigenvalue weighted by atomic mass is 35.5. The maximum Gasteiger partial charge on any atom is 0.277 e. The molecule has 0 N–H and O–H groups in total. The highest BCUT2D eigenvalue weighted by Crippen LogP contribution is 2.36. The van der Waals surface area contributed by atoms with Crippen molar-refractivity contribution in [3.05, 3.63) is 29.3 Å². The van der Waals surface area contributed by atoms with E-state index >= 15 is 0 Å². The molecule has 1 aliphatic heterocycles.